The van der Waals surface area contributed by atoms with E-state index in [-0.39, 0.29) is 38.8 Å². The van der Waals surface area contributed by atoms with Crippen LogP contribution in [0.4, 0.5) is 0 Å². The number of amides is 6. The van der Waals surface area contributed by atoms with E-state index in [4.69, 9.17) is 4.74 Å². The SMILES string of the molecule is CC(=O)OC(CC(=O)NCCC(=O)ON1C(=O)CCC1=O)C(=O)NCCC(=O)ON1C(=O)CCC1=O. The number of imide groups is 2. The summed E-state index contributed by atoms with van der Waals surface area (Å²) < 4.78 is 4.82. The molecule has 196 valence electrons. The van der Waals surface area contributed by atoms with Crippen molar-refractivity contribution in [3.63, 3.8) is 0 Å². The molecular weight excluding hydrogens is 488 g/mol. The van der Waals surface area contributed by atoms with Crippen molar-refractivity contribution < 1.29 is 57.6 Å². The van der Waals surface area contributed by atoms with E-state index < -0.39 is 78.7 Å². The fraction of sp³-hybridized carbons (Fsp3) is 0.550. The molecule has 2 heterocycles. The van der Waals surface area contributed by atoms with E-state index >= 15 is 0 Å². The Morgan fingerprint density at radius 3 is 1.58 bits per heavy atom. The molecule has 0 saturated carbocycles. The summed E-state index contributed by atoms with van der Waals surface area (Å²) in [5.74, 6) is -7.10. The third kappa shape index (κ3) is 8.44. The van der Waals surface area contributed by atoms with Gasteiger partial charge in [0.2, 0.25) is 5.91 Å². The van der Waals surface area contributed by atoms with Gasteiger partial charge in [0.05, 0.1) is 19.3 Å². The first-order valence-electron chi connectivity index (χ1n) is 10.8. The number of nitrogens with zero attached hydrogens (tertiary/aromatic N) is 2. The van der Waals surface area contributed by atoms with Crippen molar-refractivity contribution in [2.45, 2.75) is 58.0 Å². The number of hydrogen-bond donors (Lipinski definition) is 2. The minimum absolute atomic E-state index is 0.0680. The summed E-state index contributed by atoms with van der Waals surface area (Å²) in [6.45, 7) is 0.436. The van der Waals surface area contributed by atoms with Gasteiger partial charge in [-0.15, -0.1) is 10.1 Å². The van der Waals surface area contributed by atoms with E-state index in [0.717, 1.165) is 6.92 Å². The molecule has 2 aliphatic rings. The third-order valence-electron chi connectivity index (χ3n) is 4.65. The topological polar surface area (TPSA) is 212 Å². The summed E-state index contributed by atoms with van der Waals surface area (Å²) in [6, 6.07) is 0. The lowest BCUT2D eigenvalue weighted by Crippen LogP contribution is -2.42. The zero-order valence-electron chi connectivity index (χ0n) is 19.2. The molecule has 16 heteroatoms. The van der Waals surface area contributed by atoms with E-state index in [2.05, 4.69) is 20.3 Å². The van der Waals surface area contributed by atoms with Crippen LogP contribution in [-0.2, 0) is 57.6 Å². The second kappa shape index (κ2) is 12.9. The first-order valence-corrected chi connectivity index (χ1v) is 10.8. The van der Waals surface area contributed by atoms with Crippen LogP contribution >= 0.6 is 0 Å². The molecule has 0 aromatic heterocycles. The molecule has 6 amide bonds. The molecule has 0 aromatic rings. The first-order chi connectivity index (χ1) is 17.0. The smallest absolute Gasteiger partial charge is 0.334 e. The minimum atomic E-state index is -1.56. The molecule has 1 unspecified atom stereocenters. The van der Waals surface area contributed by atoms with Gasteiger partial charge < -0.3 is 25.0 Å². The Hall–Kier alpha value is -4.37. The summed E-state index contributed by atoms with van der Waals surface area (Å²) in [7, 11) is 0. The third-order valence-corrected chi connectivity index (χ3v) is 4.65. The predicted octanol–water partition coefficient (Wildman–Crippen LogP) is -2.46. The number of ether oxygens (including phenoxy) is 1. The molecule has 2 fully saturated rings. The molecular formula is C20H24N4O12. The monoisotopic (exact) mass is 512 g/mol. The molecule has 0 bridgehead atoms. The number of nitrogens with one attached hydrogen (secondary N) is 2. The van der Waals surface area contributed by atoms with Crippen LogP contribution in [0.25, 0.3) is 0 Å². The second-order valence-corrected chi connectivity index (χ2v) is 7.53. The van der Waals surface area contributed by atoms with Gasteiger partial charge >= 0.3 is 17.9 Å². The van der Waals surface area contributed by atoms with Gasteiger partial charge in [-0.2, -0.15) is 0 Å². The average molecular weight is 512 g/mol. The van der Waals surface area contributed by atoms with Crippen LogP contribution in [0, 0.1) is 0 Å². The van der Waals surface area contributed by atoms with E-state index in [0.29, 0.717) is 10.1 Å². The summed E-state index contributed by atoms with van der Waals surface area (Å²) in [6.07, 6.45) is -3.29. The lowest BCUT2D eigenvalue weighted by Gasteiger charge is -2.17. The van der Waals surface area contributed by atoms with Gasteiger partial charge in [0.25, 0.3) is 29.5 Å². The van der Waals surface area contributed by atoms with E-state index in [1.54, 1.807) is 0 Å². The van der Waals surface area contributed by atoms with Crippen molar-refractivity contribution >= 4 is 53.4 Å². The Morgan fingerprint density at radius 1 is 0.750 bits per heavy atom. The Labute approximate surface area is 203 Å². The number of carbonyl (C=O) groups excluding carboxylic acids is 9. The van der Waals surface area contributed by atoms with Crippen LogP contribution in [-0.4, -0.2) is 82.7 Å². The lowest BCUT2D eigenvalue weighted by atomic mass is 10.2. The zero-order chi connectivity index (χ0) is 26.8. The van der Waals surface area contributed by atoms with E-state index in [1.165, 1.54) is 0 Å². The molecule has 0 radical (unpaired) electrons. The Balaban J connectivity index is 1.73. The van der Waals surface area contributed by atoms with E-state index in [9.17, 15) is 43.2 Å². The standard InChI is InChI=1S/C20H24N4O12/c1-11(25)34-12(20(33)22-9-7-19(32)36-24-16(29)4-5-17(24)30)10-13(26)21-8-6-18(31)35-23-14(27)2-3-15(23)28/h12H,2-10H2,1H3,(H,21,26)(H,22,33). The number of carbonyl (C=O) groups is 9. The van der Waals surface area contributed by atoms with Crippen molar-refractivity contribution in [1.82, 2.24) is 20.8 Å². The van der Waals surface area contributed by atoms with Gasteiger partial charge in [0, 0.05) is 45.7 Å². The maximum Gasteiger partial charge on any atom is 0.334 e. The highest BCUT2D eigenvalue weighted by Crippen LogP contribution is 2.13. The molecule has 2 rings (SSSR count). The highest BCUT2D eigenvalue weighted by atomic mass is 16.7. The van der Waals surface area contributed by atoms with Gasteiger partial charge in [0.15, 0.2) is 6.10 Å². The molecule has 2 aliphatic heterocycles. The summed E-state index contributed by atoms with van der Waals surface area (Å²) >= 11 is 0. The van der Waals surface area contributed by atoms with Gasteiger partial charge in [-0.25, -0.2) is 9.59 Å². The second-order valence-electron chi connectivity index (χ2n) is 7.53. The van der Waals surface area contributed by atoms with Gasteiger partial charge in [-0.05, 0) is 0 Å². The van der Waals surface area contributed by atoms with Crippen LogP contribution in [0.1, 0.15) is 51.9 Å². The highest BCUT2D eigenvalue weighted by molar-refractivity contribution is 6.02. The number of rotatable bonds is 12. The highest BCUT2D eigenvalue weighted by Gasteiger charge is 2.34. The molecule has 1 atom stereocenters. The van der Waals surface area contributed by atoms with E-state index in [1.807, 2.05) is 0 Å². The fourth-order valence-corrected chi connectivity index (χ4v) is 2.94. The molecule has 36 heavy (non-hydrogen) atoms. The fourth-order valence-electron chi connectivity index (χ4n) is 2.94. The van der Waals surface area contributed by atoms with Crippen LogP contribution in [0.3, 0.4) is 0 Å². The Morgan fingerprint density at radius 2 is 1.17 bits per heavy atom. The lowest BCUT2D eigenvalue weighted by molar-refractivity contribution is -0.197. The van der Waals surface area contributed by atoms with Crippen LogP contribution in [0.15, 0.2) is 0 Å². The first kappa shape index (κ1) is 27.9. The predicted molar refractivity (Wildman–Crippen MR) is 110 cm³/mol. The Kier molecular flexibility index (Phi) is 10.00. The van der Waals surface area contributed by atoms with Crippen molar-refractivity contribution in [3.05, 3.63) is 0 Å². The minimum Gasteiger partial charge on any atom is -0.452 e. The van der Waals surface area contributed by atoms with Crippen molar-refractivity contribution in [2.75, 3.05) is 13.1 Å². The quantitative estimate of drug-likeness (QED) is 0.206. The maximum absolute atomic E-state index is 12.3. The number of hydrogen-bond acceptors (Lipinski definition) is 12. The molecule has 16 nitrogen and oxygen atoms in total. The Bertz CT molecular complexity index is 946. The van der Waals surface area contributed by atoms with Crippen molar-refractivity contribution in [2.24, 2.45) is 0 Å². The van der Waals surface area contributed by atoms with Crippen LogP contribution in [0.5, 0.6) is 0 Å². The van der Waals surface area contributed by atoms with Crippen LogP contribution < -0.4 is 10.6 Å². The van der Waals surface area contributed by atoms with Crippen molar-refractivity contribution in [1.29, 1.82) is 0 Å². The average Bonchev–Trinajstić information content (AvgIpc) is 3.28. The normalized spacial score (nSPS) is 16.0. The largest absolute Gasteiger partial charge is 0.452 e. The van der Waals surface area contributed by atoms with Crippen molar-refractivity contribution in [3.8, 4) is 0 Å². The zero-order valence-corrected chi connectivity index (χ0v) is 19.2. The summed E-state index contributed by atoms with van der Waals surface area (Å²) in [4.78, 5) is 114. The summed E-state index contributed by atoms with van der Waals surface area (Å²) in [5.41, 5.74) is 0. The number of esters is 1. The summed E-state index contributed by atoms with van der Waals surface area (Å²) in [5, 5.41) is 5.28. The number of hydroxylamine groups is 4. The van der Waals surface area contributed by atoms with Gasteiger partial charge in [-0.3, -0.25) is 33.6 Å². The van der Waals surface area contributed by atoms with Gasteiger partial charge in [0.1, 0.15) is 0 Å². The molecule has 0 aliphatic carbocycles. The van der Waals surface area contributed by atoms with Gasteiger partial charge in [-0.1, -0.05) is 0 Å². The molecule has 0 spiro atoms. The molecule has 2 N–H and O–H groups in total. The molecule has 2 saturated heterocycles. The molecule has 0 aromatic carbocycles. The van der Waals surface area contributed by atoms with Crippen LogP contribution in [0.2, 0.25) is 0 Å². The maximum atomic E-state index is 12.3.